The van der Waals surface area contributed by atoms with Crippen LogP contribution in [0.25, 0.3) is 0 Å². The molecule has 2 aromatic rings. The molecule has 0 unspecified atom stereocenters. The zero-order chi connectivity index (χ0) is 13.2. The van der Waals surface area contributed by atoms with E-state index in [2.05, 4.69) is 39.1 Å². The standard InChI is InChI=1S/C14H13Cl2N3/c15-13-11-9-19(8-10-4-2-1-3-5-10)7-6-12(11)17-14(16)18-13/h1-5H,6-9H2. The molecule has 1 aliphatic heterocycles. The van der Waals surface area contributed by atoms with E-state index in [-0.39, 0.29) is 5.28 Å². The fraction of sp³-hybridized carbons (Fsp3) is 0.286. The SMILES string of the molecule is Clc1nc(Cl)c2c(n1)CCN(Cc1ccccc1)C2. The fourth-order valence-corrected chi connectivity index (χ4v) is 2.86. The van der Waals surface area contributed by atoms with Gasteiger partial charge >= 0.3 is 0 Å². The molecule has 19 heavy (non-hydrogen) atoms. The largest absolute Gasteiger partial charge is 0.294 e. The predicted octanol–water partition coefficient (Wildman–Crippen LogP) is 3.34. The minimum Gasteiger partial charge on any atom is -0.294 e. The Morgan fingerprint density at radius 2 is 1.89 bits per heavy atom. The van der Waals surface area contributed by atoms with Crippen LogP contribution in [0, 0.1) is 0 Å². The number of rotatable bonds is 2. The zero-order valence-electron chi connectivity index (χ0n) is 10.3. The van der Waals surface area contributed by atoms with Gasteiger partial charge in [-0.15, -0.1) is 0 Å². The minimum absolute atomic E-state index is 0.236. The van der Waals surface area contributed by atoms with Crippen LogP contribution in [-0.4, -0.2) is 21.4 Å². The number of fused-ring (bicyclic) bond motifs is 1. The van der Waals surface area contributed by atoms with Gasteiger partial charge in [0, 0.05) is 31.6 Å². The first-order valence-electron chi connectivity index (χ1n) is 6.19. The Morgan fingerprint density at radius 3 is 2.68 bits per heavy atom. The van der Waals surface area contributed by atoms with Crippen LogP contribution in [0.2, 0.25) is 10.4 Å². The molecule has 0 bridgehead atoms. The molecule has 5 heteroatoms. The number of halogens is 2. The molecule has 0 radical (unpaired) electrons. The van der Waals surface area contributed by atoms with Gasteiger partial charge in [-0.2, -0.15) is 0 Å². The van der Waals surface area contributed by atoms with Gasteiger partial charge in [-0.3, -0.25) is 4.90 Å². The molecule has 2 heterocycles. The summed E-state index contributed by atoms with van der Waals surface area (Å²) >= 11 is 12.0. The van der Waals surface area contributed by atoms with Crippen molar-refractivity contribution >= 4 is 23.2 Å². The minimum atomic E-state index is 0.236. The molecule has 0 saturated heterocycles. The number of benzene rings is 1. The van der Waals surface area contributed by atoms with Gasteiger partial charge in [0.2, 0.25) is 5.28 Å². The lowest BCUT2D eigenvalue weighted by molar-refractivity contribution is 0.243. The van der Waals surface area contributed by atoms with E-state index in [1.54, 1.807) is 0 Å². The second kappa shape index (κ2) is 5.45. The first-order chi connectivity index (χ1) is 9.22. The summed E-state index contributed by atoms with van der Waals surface area (Å²) in [5, 5.41) is 0.716. The number of aromatic nitrogens is 2. The third kappa shape index (κ3) is 2.89. The van der Waals surface area contributed by atoms with Gasteiger partial charge in [0.05, 0.1) is 5.69 Å². The van der Waals surface area contributed by atoms with Gasteiger partial charge in [-0.1, -0.05) is 41.9 Å². The Bertz CT molecular complexity index is 587. The molecular formula is C14H13Cl2N3. The van der Waals surface area contributed by atoms with Crippen LogP contribution in [0.4, 0.5) is 0 Å². The summed E-state index contributed by atoms with van der Waals surface area (Å²) in [6, 6.07) is 10.4. The van der Waals surface area contributed by atoms with Gasteiger partial charge in [0.25, 0.3) is 0 Å². The topological polar surface area (TPSA) is 29.0 Å². The van der Waals surface area contributed by atoms with Gasteiger partial charge in [-0.25, -0.2) is 9.97 Å². The summed E-state index contributed by atoms with van der Waals surface area (Å²) in [5.74, 6) is 0. The lowest BCUT2D eigenvalue weighted by Gasteiger charge is -2.28. The Balaban J connectivity index is 1.79. The summed E-state index contributed by atoms with van der Waals surface area (Å²) in [7, 11) is 0. The highest BCUT2D eigenvalue weighted by Gasteiger charge is 2.21. The highest BCUT2D eigenvalue weighted by Crippen LogP contribution is 2.25. The molecule has 0 N–H and O–H groups in total. The monoisotopic (exact) mass is 293 g/mol. The van der Waals surface area contributed by atoms with Crippen LogP contribution in [0.5, 0.6) is 0 Å². The van der Waals surface area contributed by atoms with Gasteiger partial charge in [-0.05, 0) is 17.2 Å². The summed E-state index contributed by atoms with van der Waals surface area (Å²) in [4.78, 5) is 10.6. The smallest absolute Gasteiger partial charge is 0.224 e. The van der Waals surface area contributed by atoms with Crippen LogP contribution >= 0.6 is 23.2 Å². The predicted molar refractivity (Wildman–Crippen MR) is 76.3 cm³/mol. The van der Waals surface area contributed by atoms with E-state index in [9.17, 15) is 0 Å². The first-order valence-corrected chi connectivity index (χ1v) is 6.95. The zero-order valence-corrected chi connectivity index (χ0v) is 11.8. The molecule has 0 spiro atoms. The van der Waals surface area contributed by atoms with Crippen molar-refractivity contribution in [2.24, 2.45) is 0 Å². The molecule has 0 fully saturated rings. The van der Waals surface area contributed by atoms with Crippen LogP contribution in [0.1, 0.15) is 16.8 Å². The molecule has 0 amide bonds. The second-order valence-corrected chi connectivity index (χ2v) is 5.35. The number of hydrogen-bond donors (Lipinski definition) is 0. The third-order valence-electron chi connectivity index (χ3n) is 3.31. The molecular weight excluding hydrogens is 281 g/mol. The lowest BCUT2D eigenvalue weighted by atomic mass is 10.1. The molecule has 0 aliphatic carbocycles. The Kier molecular flexibility index (Phi) is 3.69. The average molecular weight is 294 g/mol. The molecule has 3 nitrogen and oxygen atoms in total. The summed E-state index contributed by atoms with van der Waals surface area (Å²) in [6.07, 6.45) is 0.865. The normalized spacial score (nSPS) is 15.3. The van der Waals surface area contributed by atoms with Crippen molar-refractivity contribution in [2.75, 3.05) is 6.54 Å². The number of nitrogens with zero attached hydrogens (tertiary/aromatic N) is 3. The first kappa shape index (κ1) is 12.9. The van der Waals surface area contributed by atoms with E-state index >= 15 is 0 Å². The average Bonchev–Trinajstić information content (AvgIpc) is 2.40. The maximum Gasteiger partial charge on any atom is 0.224 e. The van der Waals surface area contributed by atoms with E-state index in [4.69, 9.17) is 23.2 Å². The van der Waals surface area contributed by atoms with Gasteiger partial charge in [0.15, 0.2) is 0 Å². The van der Waals surface area contributed by atoms with E-state index < -0.39 is 0 Å². The molecule has 1 aromatic heterocycles. The summed E-state index contributed by atoms with van der Waals surface area (Å²) in [5.41, 5.74) is 3.29. The molecule has 1 aromatic carbocycles. The Labute approximate surface area is 122 Å². The van der Waals surface area contributed by atoms with Crippen LogP contribution in [-0.2, 0) is 19.5 Å². The fourth-order valence-electron chi connectivity index (χ4n) is 2.38. The van der Waals surface area contributed by atoms with E-state index in [0.29, 0.717) is 5.15 Å². The van der Waals surface area contributed by atoms with E-state index in [1.807, 2.05) is 6.07 Å². The molecule has 0 saturated carbocycles. The molecule has 0 atom stereocenters. The Hall–Kier alpha value is -1.16. The van der Waals surface area contributed by atoms with Crippen molar-refractivity contribution in [3.63, 3.8) is 0 Å². The number of hydrogen-bond acceptors (Lipinski definition) is 3. The third-order valence-corrected chi connectivity index (χ3v) is 3.79. The highest BCUT2D eigenvalue weighted by atomic mass is 35.5. The molecule has 1 aliphatic rings. The maximum atomic E-state index is 6.15. The van der Waals surface area contributed by atoms with Crippen molar-refractivity contribution < 1.29 is 0 Å². The highest BCUT2D eigenvalue weighted by molar-refractivity contribution is 6.32. The quantitative estimate of drug-likeness (QED) is 0.628. The van der Waals surface area contributed by atoms with Crippen molar-refractivity contribution in [3.8, 4) is 0 Å². The van der Waals surface area contributed by atoms with Crippen LogP contribution in [0.3, 0.4) is 0 Å². The van der Waals surface area contributed by atoms with Crippen LogP contribution in [0.15, 0.2) is 30.3 Å². The van der Waals surface area contributed by atoms with Crippen molar-refractivity contribution in [2.45, 2.75) is 19.5 Å². The summed E-state index contributed by atoms with van der Waals surface area (Å²) < 4.78 is 0. The molecule has 98 valence electrons. The Morgan fingerprint density at radius 1 is 1.11 bits per heavy atom. The lowest BCUT2D eigenvalue weighted by Crippen LogP contribution is -2.31. The van der Waals surface area contributed by atoms with Gasteiger partial charge in [0.1, 0.15) is 5.15 Å². The van der Waals surface area contributed by atoms with E-state index in [1.165, 1.54) is 5.56 Å². The molecule has 3 rings (SSSR count). The second-order valence-electron chi connectivity index (χ2n) is 4.65. The van der Waals surface area contributed by atoms with Crippen molar-refractivity contribution in [1.29, 1.82) is 0 Å². The van der Waals surface area contributed by atoms with E-state index in [0.717, 1.165) is 37.3 Å². The van der Waals surface area contributed by atoms with Gasteiger partial charge < -0.3 is 0 Å². The van der Waals surface area contributed by atoms with Crippen LogP contribution < -0.4 is 0 Å². The van der Waals surface area contributed by atoms with Crippen molar-refractivity contribution in [3.05, 3.63) is 57.6 Å². The maximum absolute atomic E-state index is 6.15. The summed E-state index contributed by atoms with van der Waals surface area (Å²) in [6.45, 7) is 2.66. The van der Waals surface area contributed by atoms with Crippen molar-refractivity contribution in [1.82, 2.24) is 14.9 Å².